The van der Waals surface area contributed by atoms with Crippen molar-refractivity contribution >= 4 is 27.4 Å². The Kier molecular flexibility index (Phi) is 9.41. The molecular weight excluding hydrogens is 428 g/mol. The minimum atomic E-state index is -3.78. The monoisotopic (exact) mass is 460 g/mol. The first-order chi connectivity index (χ1) is 15.3. The number of rotatable bonds is 12. The van der Waals surface area contributed by atoms with Crippen LogP contribution in [0.5, 0.6) is 5.75 Å². The quantitative estimate of drug-likeness (QED) is 0.477. The van der Waals surface area contributed by atoms with Gasteiger partial charge in [-0.1, -0.05) is 45.0 Å². The van der Waals surface area contributed by atoms with Crippen LogP contribution in [0, 0.1) is 0 Å². The maximum Gasteiger partial charge on any atom is 0.246 e. The number of carbonyl (C=O) groups excluding carboxylic acids is 2. The second-order valence-corrected chi connectivity index (χ2v) is 9.11. The van der Waals surface area contributed by atoms with E-state index in [-0.39, 0.29) is 35.2 Å². The third-order valence-corrected chi connectivity index (χ3v) is 7.18. The molecule has 0 radical (unpaired) electrons. The van der Waals surface area contributed by atoms with Crippen LogP contribution in [0.3, 0.4) is 0 Å². The summed E-state index contributed by atoms with van der Waals surface area (Å²) in [6.45, 7) is 8.30. The predicted octanol–water partition coefficient (Wildman–Crippen LogP) is 4.28. The molecule has 1 N–H and O–H groups in total. The molecule has 8 heteroatoms. The van der Waals surface area contributed by atoms with Crippen LogP contribution in [0.15, 0.2) is 47.4 Å². The van der Waals surface area contributed by atoms with Crippen molar-refractivity contribution in [2.45, 2.75) is 51.9 Å². The fourth-order valence-electron chi connectivity index (χ4n) is 3.29. The number of ether oxygens (including phenoxy) is 1. The van der Waals surface area contributed by atoms with Gasteiger partial charge in [0.2, 0.25) is 15.9 Å². The van der Waals surface area contributed by atoms with E-state index in [0.717, 1.165) is 12.0 Å². The second-order valence-electron chi connectivity index (χ2n) is 7.21. The van der Waals surface area contributed by atoms with Gasteiger partial charge in [-0.2, -0.15) is 4.31 Å². The Morgan fingerprint density at radius 3 is 2.16 bits per heavy atom. The van der Waals surface area contributed by atoms with E-state index < -0.39 is 10.0 Å². The molecule has 0 heterocycles. The summed E-state index contributed by atoms with van der Waals surface area (Å²) in [6, 6.07) is 11.9. The van der Waals surface area contributed by atoms with Crippen molar-refractivity contribution in [1.82, 2.24) is 4.31 Å². The lowest BCUT2D eigenvalue weighted by atomic mass is 10.0. The number of aryl methyl sites for hydroxylation is 1. The molecule has 0 fully saturated rings. The fourth-order valence-corrected chi connectivity index (χ4v) is 4.90. The number of ketones is 1. The first-order valence-corrected chi connectivity index (χ1v) is 12.4. The van der Waals surface area contributed by atoms with Crippen LogP contribution < -0.4 is 10.1 Å². The maximum absolute atomic E-state index is 13.0. The number of sulfonamides is 1. The van der Waals surface area contributed by atoms with Crippen molar-refractivity contribution in [2.75, 3.05) is 25.0 Å². The Labute approximate surface area is 190 Å². The number of carbonyl (C=O) groups is 2. The van der Waals surface area contributed by atoms with Crippen LogP contribution >= 0.6 is 0 Å². The average molecular weight is 461 g/mol. The van der Waals surface area contributed by atoms with Crippen LogP contribution in [0.1, 0.15) is 56.5 Å². The van der Waals surface area contributed by atoms with Crippen LogP contribution in [-0.4, -0.2) is 44.1 Å². The minimum Gasteiger partial charge on any atom is -0.492 e. The molecule has 2 rings (SSSR count). The highest BCUT2D eigenvalue weighted by atomic mass is 32.2. The van der Waals surface area contributed by atoms with Gasteiger partial charge in [-0.15, -0.1) is 0 Å². The molecule has 174 valence electrons. The summed E-state index contributed by atoms with van der Waals surface area (Å²) < 4.78 is 32.9. The van der Waals surface area contributed by atoms with E-state index in [4.69, 9.17) is 4.74 Å². The summed E-state index contributed by atoms with van der Waals surface area (Å²) in [7, 11) is -3.78. The molecule has 0 aliphatic rings. The number of nitrogens with zero attached hydrogens (tertiary/aromatic N) is 1. The van der Waals surface area contributed by atoms with E-state index in [0.29, 0.717) is 30.9 Å². The van der Waals surface area contributed by atoms with E-state index in [9.17, 15) is 18.0 Å². The van der Waals surface area contributed by atoms with Crippen molar-refractivity contribution in [3.63, 3.8) is 0 Å². The van der Waals surface area contributed by atoms with Crippen molar-refractivity contribution in [1.29, 1.82) is 0 Å². The van der Waals surface area contributed by atoms with E-state index in [1.807, 2.05) is 19.1 Å². The molecule has 0 unspecified atom stereocenters. The lowest BCUT2D eigenvalue weighted by Crippen LogP contribution is -2.31. The zero-order chi connectivity index (χ0) is 23.7. The van der Waals surface area contributed by atoms with Crippen molar-refractivity contribution in [3.05, 3.63) is 53.6 Å². The highest BCUT2D eigenvalue weighted by molar-refractivity contribution is 7.89. The van der Waals surface area contributed by atoms with Gasteiger partial charge < -0.3 is 10.1 Å². The molecule has 7 nitrogen and oxygen atoms in total. The molecule has 0 saturated carbocycles. The van der Waals surface area contributed by atoms with Gasteiger partial charge in [-0.05, 0) is 37.1 Å². The molecule has 2 aromatic carbocycles. The molecule has 0 aromatic heterocycles. The van der Waals surface area contributed by atoms with Crippen LogP contribution in [0.25, 0.3) is 0 Å². The van der Waals surface area contributed by atoms with Gasteiger partial charge in [0.25, 0.3) is 0 Å². The second kappa shape index (κ2) is 11.8. The number of benzene rings is 2. The van der Waals surface area contributed by atoms with Crippen molar-refractivity contribution in [2.24, 2.45) is 0 Å². The number of nitrogens with one attached hydrogen (secondary N) is 1. The summed E-state index contributed by atoms with van der Waals surface area (Å²) >= 11 is 0. The zero-order valence-electron chi connectivity index (χ0n) is 19.2. The predicted molar refractivity (Wildman–Crippen MR) is 126 cm³/mol. The summed E-state index contributed by atoms with van der Waals surface area (Å²) in [5.74, 6) is -0.235. The molecule has 0 saturated heterocycles. The lowest BCUT2D eigenvalue weighted by Gasteiger charge is -2.21. The molecule has 0 aliphatic heterocycles. The van der Waals surface area contributed by atoms with Crippen LogP contribution in [0.2, 0.25) is 0 Å². The summed E-state index contributed by atoms with van der Waals surface area (Å²) in [6.07, 6.45) is 0.962. The van der Waals surface area contributed by atoms with Crippen molar-refractivity contribution in [3.8, 4) is 5.75 Å². The first-order valence-electron chi connectivity index (χ1n) is 11.0. The van der Waals surface area contributed by atoms with Gasteiger partial charge in [-0.25, -0.2) is 8.42 Å². The van der Waals surface area contributed by atoms with Gasteiger partial charge >= 0.3 is 0 Å². The molecule has 0 spiro atoms. The third kappa shape index (κ3) is 6.40. The van der Waals surface area contributed by atoms with E-state index in [1.165, 1.54) is 16.4 Å². The van der Waals surface area contributed by atoms with Crippen LogP contribution in [-0.2, 0) is 21.2 Å². The summed E-state index contributed by atoms with van der Waals surface area (Å²) in [4.78, 5) is 24.8. The number of hydrogen-bond acceptors (Lipinski definition) is 5. The van der Waals surface area contributed by atoms with Gasteiger partial charge in [0.05, 0.1) is 6.61 Å². The number of anilines is 1. The van der Waals surface area contributed by atoms with E-state index in [2.05, 4.69) is 5.32 Å². The molecule has 0 atom stereocenters. The minimum absolute atomic E-state index is 0.000295. The Morgan fingerprint density at radius 2 is 1.59 bits per heavy atom. The lowest BCUT2D eigenvalue weighted by molar-refractivity contribution is -0.116. The Balaban J connectivity index is 2.12. The third-order valence-electron chi connectivity index (χ3n) is 5.11. The van der Waals surface area contributed by atoms with Gasteiger partial charge in [0.1, 0.15) is 10.6 Å². The topological polar surface area (TPSA) is 92.8 Å². The van der Waals surface area contributed by atoms with Crippen molar-refractivity contribution < 1.29 is 22.7 Å². The van der Waals surface area contributed by atoms with Gasteiger partial charge in [-0.3, -0.25) is 9.59 Å². The molecular formula is C24H32N2O5S. The van der Waals surface area contributed by atoms with Gasteiger partial charge in [0.15, 0.2) is 5.78 Å². The molecule has 32 heavy (non-hydrogen) atoms. The van der Waals surface area contributed by atoms with Crippen LogP contribution in [0.4, 0.5) is 5.69 Å². The molecule has 2 aromatic rings. The molecule has 1 amide bonds. The largest absolute Gasteiger partial charge is 0.492 e. The maximum atomic E-state index is 13.0. The zero-order valence-corrected chi connectivity index (χ0v) is 20.0. The summed E-state index contributed by atoms with van der Waals surface area (Å²) in [5, 5.41) is 2.69. The first kappa shape index (κ1) is 25.5. The number of Topliss-reactive ketones (excluding diaryl/α,β-unsaturated/α-hetero) is 1. The Bertz CT molecular complexity index is 1030. The average Bonchev–Trinajstić information content (AvgIpc) is 2.79. The highest BCUT2D eigenvalue weighted by Crippen LogP contribution is 2.30. The van der Waals surface area contributed by atoms with Gasteiger partial charge in [0, 0.05) is 37.2 Å². The van der Waals surface area contributed by atoms with E-state index >= 15 is 0 Å². The van der Waals surface area contributed by atoms with E-state index in [1.54, 1.807) is 39.0 Å². The highest BCUT2D eigenvalue weighted by Gasteiger charge is 2.26. The SMILES string of the molecule is CCOc1ccc(NC(=O)CCC(=O)c2ccc(CC)cc2)cc1S(=O)(=O)N(CC)CC. The molecule has 0 aliphatic carbocycles. The summed E-state index contributed by atoms with van der Waals surface area (Å²) in [5.41, 5.74) is 2.05. The number of hydrogen-bond donors (Lipinski definition) is 1. The Morgan fingerprint density at radius 1 is 0.938 bits per heavy atom. The Hall–Kier alpha value is -2.71. The standard InChI is InChI=1S/C24H32N2O5S/c1-5-18-9-11-19(12-10-18)21(27)14-16-24(28)25-20-13-15-22(31-8-4)23(17-20)32(29,30)26(6-2)7-3/h9-13,15,17H,5-8,14,16H2,1-4H3,(H,25,28). The molecule has 0 bridgehead atoms. The fraction of sp³-hybridized carbons (Fsp3) is 0.417. The normalized spacial score (nSPS) is 11.4. The number of amides is 1. The smallest absolute Gasteiger partial charge is 0.246 e.